The van der Waals surface area contributed by atoms with Crippen molar-refractivity contribution in [2.45, 2.75) is 26.2 Å². The lowest BCUT2D eigenvalue weighted by Crippen LogP contribution is -2.32. The summed E-state index contributed by atoms with van der Waals surface area (Å²) < 4.78 is 19.4. The van der Waals surface area contributed by atoms with Gasteiger partial charge in [0.2, 0.25) is 0 Å². The molecule has 1 atom stereocenters. The lowest BCUT2D eigenvalue weighted by molar-refractivity contribution is -0.142. The molecule has 5 heteroatoms. The van der Waals surface area contributed by atoms with Crippen LogP contribution in [-0.2, 0) is 16.0 Å². The molecular weight excluding hydrogens is 353 g/mol. The molecule has 2 rings (SSSR count). The number of methoxy groups -OCH3 is 1. The molecule has 3 nitrogen and oxygen atoms in total. The third-order valence-corrected chi connectivity index (χ3v) is 4.60. The largest absolute Gasteiger partial charge is 0.383 e. The lowest BCUT2D eigenvalue weighted by atomic mass is 9.86. The van der Waals surface area contributed by atoms with Crippen LogP contribution in [0.15, 0.2) is 42.5 Å². The molecule has 2 aromatic carbocycles. The molecule has 144 valence electrons. The van der Waals surface area contributed by atoms with Crippen LogP contribution in [0, 0.1) is 19.7 Å². The highest BCUT2D eigenvalue weighted by Crippen LogP contribution is 2.29. The van der Waals surface area contributed by atoms with E-state index in [2.05, 4.69) is 32.0 Å². The van der Waals surface area contributed by atoms with Crippen LogP contribution in [-0.4, -0.2) is 39.0 Å². The van der Waals surface area contributed by atoms with Crippen molar-refractivity contribution in [2.75, 3.05) is 33.9 Å². The van der Waals surface area contributed by atoms with E-state index >= 15 is 0 Å². The number of nitrogens with zero attached hydrogens (tertiary/aromatic N) is 1. The molecule has 0 spiro atoms. The standard InChI is InChI=1S/C21H28FNO2.ClH/c1-16-8-7-9-17(2)21(16)19(15-23(25-4)12-13-24-3)14-18-10-5-6-11-20(18)22;/h5-11,19H,12-15H2,1-4H3;1H. The lowest BCUT2D eigenvalue weighted by Gasteiger charge is -2.28. The highest BCUT2D eigenvalue weighted by Gasteiger charge is 2.21. The number of ether oxygens (including phenoxy) is 1. The maximum atomic E-state index is 14.2. The maximum Gasteiger partial charge on any atom is 0.126 e. The quantitative estimate of drug-likeness (QED) is 0.587. The van der Waals surface area contributed by atoms with Crippen molar-refractivity contribution in [1.82, 2.24) is 5.06 Å². The summed E-state index contributed by atoms with van der Waals surface area (Å²) in [6.45, 7) is 6.17. The van der Waals surface area contributed by atoms with Gasteiger partial charge in [0.05, 0.1) is 13.7 Å². The van der Waals surface area contributed by atoms with Gasteiger partial charge in [0.15, 0.2) is 0 Å². The molecule has 0 heterocycles. The maximum absolute atomic E-state index is 14.2. The molecule has 0 aliphatic rings. The Morgan fingerprint density at radius 1 is 1.00 bits per heavy atom. The highest BCUT2D eigenvalue weighted by molar-refractivity contribution is 5.85. The fourth-order valence-corrected chi connectivity index (χ4v) is 3.35. The Morgan fingerprint density at radius 3 is 2.23 bits per heavy atom. The van der Waals surface area contributed by atoms with Gasteiger partial charge in [0, 0.05) is 26.1 Å². The van der Waals surface area contributed by atoms with Crippen LogP contribution in [0.5, 0.6) is 0 Å². The van der Waals surface area contributed by atoms with Crippen molar-refractivity contribution < 1.29 is 14.0 Å². The van der Waals surface area contributed by atoms with E-state index in [0.717, 1.165) is 5.56 Å². The normalized spacial score (nSPS) is 12.1. The number of hydroxylamine groups is 2. The van der Waals surface area contributed by atoms with E-state index in [1.54, 1.807) is 20.3 Å². The Balaban J connectivity index is 0.00000338. The summed E-state index contributed by atoms with van der Waals surface area (Å²) in [7, 11) is 3.34. The molecule has 0 aromatic heterocycles. The number of hydrogen-bond donors (Lipinski definition) is 0. The molecule has 0 saturated heterocycles. The van der Waals surface area contributed by atoms with Crippen LogP contribution >= 0.6 is 12.4 Å². The molecular formula is C21H29ClFNO2. The number of benzene rings is 2. The molecule has 0 bridgehead atoms. The van der Waals surface area contributed by atoms with Crippen LogP contribution in [0.3, 0.4) is 0 Å². The summed E-state index contributed by atoms with van der Waals surface area (Å²) in [5, 5.41) is 1.89. The molecule has 0 radical (unpaired) electrons. The molecule has 0 fully saturated rings. The van der Waals surface area contributed by atoms with Crippen molar-refractivity contribution in [3.63, 3.8) is 0 Å². The predicted octanol–water partition coefficient (Wildman–Crippen LogP) is 4.70. The Labute approximate surface area is 162 Å². The Morgan fingerprint density at radius 2 is 1.65 bits per heavy atom. The Bertz CT molecular complexity index is 661. The summed E-state index contributed by atoms with van der Waals surface area (Å²) in [5.74, 6) is -0.0190. The first-order valence-corrected chi connectivity index (χ1v) is 8.64. The summed E-state index contributed by atoms with van der Waals surface area (Å²) in [4.78, 5) is 5.51. The van der Waals surface area contributed by atoms with Gasteiger partial charge >= 0.3 is 0 Å². The highest BCUT2D eigenvalue weighted by atomic mass is 35.5. The second kappa shape index (κ2) is 11.3. The fourth-order valence-electron chi connectivity index (χ4n) is 3.35. The SMILES string of the molecule is COCCN(CC(Cc1ccccc1F)c1c(C)cccc1C)OC.Cl. The first-order chi connectivity index (χ1) is 12.1. The van der Waals surface area contributed by atoms with E-state index in [1.165, 1.54) is 22.8 Å². The van der Waals surface area contributed by atoms with E-state index in [-0.39, 0.29) is 24.1 Å². The molecule has 26 heavy (non-hydrogen) atoms. The third-order valence-electron chi connectivity index (χ3n) is 4.60. The molecule has 2 aromatic rings. The minimum absolute atomic E-state index is 0. The van der Waals surface area contributed by atoms with E-state index < -0.39 is 0 Å². The summed E-state index contributed by atoms with van der Waals surface area (Å²) in [6.07, 6.45) is 0.630. The van der Waals surface area contributed by atoms with E-state index in [0.29, 0.717) is 26.1 Å². The smallest absolute Gasteiger partial charge is 0.126 e. The van der Waals surface area contributed by atoms with Gasteiger partial charge in [-0.25, -0.2) is 4.39 Å². The van der Waals surface area contributed by atoms with Crippen LogP contribution < -0.4 is 0 Å². The molecule has 0 aliphatic heterocycles. The van der Waals surface area contributed by atoms with Crippen molar-refractivity contribution in [3.8, 4) is 0 Å². The zero-order valence-electron chi connectivity index (χ0n) is 16.0. The zero-order chi connectivity index (χ0) is 18.2. The van der Waals surface area contributed by atoms with Crippen LogP contribution in [0.2, 0.25) is 0 Å². The molecule has 0 saturated carbocycles. The van der Waals surface area contributed by atoms with Crippen LogP contribution in [0.4, 0.5) is 4.39 Å². The van der Waals surface area contributed by atoms with Crippen LogP contribution in [0.1, 0.15) is 28.2 Å². The van der Waals surface area contributed by atoms with Crippen LogP contribution in [0.25, 0.3) is 0 Å². The number of rotatable bonds is 9. The Hall–Kier alpha value is -1.46. The van der Waals surface area contributed by atoms with Crippen molar-refractivity contribution >= 4 is 12.4 Å². The molecule has 1 unspecified atom stereocenters. The third kappa shape index (κ3) is 6.06. The van der Waals surface area contributed by atoms with Gasteiger partial charge < -0.3 is 9.57 Å². The van der Waals surface area contributed by atoms with Gasteiger partial charge in [-0.2, -0.15) is 5.06 Å². The average Bonchev–Trinajstić information content (AvgIpc) is 2.60. The van der Waals surface area contributed by atoms with Gasteiger partial charge in [0.1, 0.15) is 5.82 Å². The minimum Gasteiger partial charge on any atom is -0.383 e. The molecule has 0 N–H and O–H groups in total. The predicted molar refractivity (Wildman–Crippen MR) is 106 cm³/mol. The van der Waals surface area contributed by atoms with Gasteiger partial charge in [0.25, 0.3) is 0 Å². The number of aryl methyl sites for hydroxylation is 2. The topological polar surface area (TPSA) is 21.7 Å². The van der Waals surface area contributed by atoms with E-state index in [9.17, 15) is 4.39 Å². The molecule has 0 amide bonds. The van der Waals surface area contributed by atoms with E-state index in [1.807, 2.05) is 17.2 Å². The zero-order valence-corrected chi connectivity index (χ0v) is 16.8. The van der Waals surface area contributed by atoms with E-state index in [4.69, 9.17) is 9.57 Å². The Kier molecular flexibility index (Phi) is 9.81. The summed E-state index contributed by atoms with van der Waals surface area (Å²) in [5.41, 5.74) is 4.46. The second-order valence-corrected chi connectivity index (χ2v) is 6.36. The van der Waals surface area contributed by atoms with Crippen molar-refractivity contribution in [2.24, 2.45) is 0 Å². The van der Waals surface area contributed by atoms with Gasteiger partial charge in [-0.3, -0.25) is 0 Å². The summed E-state index contributed by atoms with van der Waals surface area (Å²) in [6, 6.07) is 13.3. The number of halogens is 2. The van der Waals surface area contributed by atoms with Crippen molar-refractivity contribution in [1.29, 1.82) is 0 Å². The first-order valence-electron chi connectivity index (χ1n) is 8.64. The van der Waals surface area contributed by atoms with Gasteiger partial charge in [-0.05, 0) is 48.6 Å². The van der Waals surface area contributed by atoms with Crippen molar-refractivity contribution in [3.05, 3.63) is 70.5 Å². The first kappa shape index (κ1) is 22.6. The minimum atomic E-state index is -0.153. The average molecular weight is 382 g/mol. The van der Waals surface area contributed by atoms with Gasteiger partial charge in [-0.15, -0.1) is 12.4 Å². The molecule has 0 aliphatic carbocycles. The van der Waals surface area contributed by atoms with Gasteiger partial charge in [-0.1, -0.05) is 36.4 Å². The number of hydrogen-bond acceptors (Lipinski definition) is 3. The monoisotopic (exact) mass is 381 g/mol. The second-order valence-electron chi connectivity index (χ2n) is 6.36. The fraction of sp³-hybridized carbons (Fsp3) is 0.429. The summed E-state index contributed by atoms with van der Waals surface area (Å²) >= 11 is 0.